The highest BCUT2D eigenvalue weighted by Gasteiger charge is 2.20. The maximum Gasteiger partial charge on any atom is 0.318 e. The Morgan fingerprint density at radius 3 is 2.69 bits per heavy atom. The molecule has 0 aliphatic carbocycles. The molecule has 0 bridgehead atoms. The first-order chi connectivity index (χ1) is 14.0. The standard InChI is InChI=1S/C20H18N6O2S/c1-12-6-2-5-9-16(12)26-18(14-10-22-15-8-4-3-7-13(14)15)24-25-20(26)29-11-17(27)23-19(21)28/h2-10,22H,11H2,1H3,(H3,21,23,27,28). The molecule has 29 heavy (non-hydrogen) atoms. The number of nitrogens with zero attached hydrogens (tertiary/aromatic N) is 3. The van der Waals surface area contributed by atoms with Crippen molar-refractivity contribution in [2.45, 2.75) is 12.1 Å². The Kier molecular flexibility index (Phi) is 5.05. The predicted octanol–water partition coefficient (Wildman–Crippen LogP) is 3.01. The Balaban J connectivity index is 1.80. The van der Waals surface area contributed by atoms with Crippen LogP contribution in [0.15, 0.2) is 59.9 Å². The molecule has 0 aliphatic heterocycles. The summed E-state index contributed by atoms with van der Waals surface area (Å²) in [6.07, 6.45) is 1.90. The number of nitrogens with one attached hydrogen (secondary N) is 2. The molecule has 146 valence electrons. The number of benzene rings is 2. The molecule has 0 aliphatic rings. The van der Waals surface area contributed by atoms with Crippen molar-refractivity contribution in [1.82, 2.24) is 25.1 Å². The monoisotopic (exact) mass is 406 g/mol. The number of amides is 3. The first-order valence-electron chi connectivity index (χ1n) is 8.84. The molecule has 0 unspecified atom stereocenters. The number of imide groups is 1. The van der Waals surface area contributed by atoms with Crippen molar-refractivity contribution in [1.29, 1.82) is 0 Å². The number of carbonyl (C=O) groups excluding carboxylic acids is 2. The lowest BCUT2D eigenvalue weighted by atomic mass is 10.1. The average Bonchev–Trinajstić information content (AvgIpc) is 3.30. The van der Waals surface area contributed by atoms with Gasteiger partial charge in [0.15, 0.2) is 11.0 Å². The van der Waals surface area contributed by atoms with Crippen molar-refractivity contribution in [2.24, 2.45) is 5.73 Å². The number of fused-ring (bicyclic) bond motifs is 1. The van der Waals surface area contributed by atoms with Crippen LogP contribution in [0.4, 0.5) is 4.79 Å². The molecule has 0 radical (unpaired) electrons. The second-order valence-corrected chi connectivity index (χ2v) is 7.32. The van der Waals surface area contributed by atoms with Gasteiger partial charge in [0, 0.05) is 22.7 Å². The van der Waals surface area contributed by atoms with E-state index in [0.29, 0.717) is 11.0 Å². The molecule has 4 rings (SSSR count). The summed E-state index contributed by atoms with van der Waals surface area (Å²) in [5, 5.41) is 12.4. The summed E-state index contributed by atoms with van der Waals surface area (Å²) in [5.74, 6) is 0.158. The Bertz CT molecular complexity index is 1210. The SMILES string of the molecule is Cc1ccccc1-n1c(SCC(=O)NC(N)=O)nnc1-c1c[nH]c2ccccc12. The van der Waals surface area contributed by atoms with Crippen LogP contribution in [0.5, 0.6) is 0 Å². The third kappa shape index (κ3) is 3.72. The molecule has 0 fully saturated rings. The van der Waals surface area contributed by atoms with Crippen LogP contribution in [0.2, 0.25) is 0 Å². The van der Waals surface area contributed by atoms with Gasteiger partial charge in [0.2, 0.25) is 5.91 Å². The van der Waals surface area contributed by atoms with Crippen LogP contribution < -0.4 is 11.1 Å². The van der Waals surface area contributed by atoms with Gasteiger partial charge in [-0.05, 0) is 24.6 Å². The van der Waals surface area contributed by atoms with E-state index in [1.54, 1.807) is 0 Å². The van der Waals surface area contributed by atoms with Crippen LogP contribution in [-0.4, -0.2) is 37.4 Å². The van der Waals surface area contributed by atoms with Gasteiger partial charge >= 0.3 is 6.03 Å². The molecule has 2 heterocycles. The van der Waals surface area contributed by atoms with Crippen LogP contribution in [-0.2, 0) is 4.79 Å². The van der Waals surface area contributed by atoms with E-state index in [1.165, 1.54) is 11.8 Å². The summed E-state index contributed by atoms with van der Waals surface area (Å²) < 4.78 is 1.92. The number of hydrogen-bond donors (Lipinski definition) is 3. The van der Waals surface area contributed by atoms with E-state index in [0.717, 1.165) is 27.7 Å². The van der Waals surface area contributed by atoms with Gasteiger partial charge in [0.25, 0.3) is 0 Å². The fourth-order valence-corrected chi connectivity index (χ4v) is 3.87. The summed E-state index contributed by atoms with van der Waals surface area (Å²) in [4.78, 5) is 26.0. The third-order valence-electron chi connectivity index (χ3n) is 4.41. The van der Waals surface area contributed by atoms with E-state index < -0.39 is 11.9 Å². The number of nitrogens with two attached hydrogens (primary N) is 1. The number of carbonyl (C=O) groups is 2. The van der Waals surface area contributed by atoms with Gasteiger partial charge < -0.3 is 10.7 Å². The molecule has 8 nitrogen and oxygen atoms in total. The first kappa shape index (κ1) is 18.8. The van der Waals surface area contributed by atoms with E-state index in [4.69, 9.17) is 5.73 Å². The van der Waals surface area contributed by atoms with Gasteiger partial charge in [-0.3, -0.25) is 14.7 Å². The molecule has 0 atom stereocenters. The number of thioether (sulfide) groups is 1. The molecule has 3 amide bonds. The molecule has 4 N–H and O–H groups in total. The molecule has 2 aromatic carbocycles. The van der Waals surface area contributed by atoms with Gasteiger partial charge in [-0.25, -0.2) is 4.79 Å². The molecular weight excluding hydrogens is 388 g/mol. The molecule has 0 spiro atoms. The van der Waals surface area contributed by atoms with E-state index >= 15 is 0 Å². The third-order valence-corrected chi connectivity index (χ3v) is 5.34. The number of para-hydroxylation sites is 2. The van der Waals surface area contributed by atoms with Gasteiger partial charge in [-0.2, -0.15) is 0 Å². The number of aromatic nitrogens is 4. The summed E-state index contributed by atoms with van der Waals surface area (Å²) in [7, 11) is 0. The molecule has 2 aromatic heterocycles. The maximum absolute atomic E-state index is 11.9. The number of aromatic amines is 1. The van der Waals surface area contributed by atoms with Crippen LogP contribution in [0.25, 0.3) is 28.0 Å². The van der Waals surface area contributed by atoms with Crippen LogP contribution in [0, 0.1) is 6.92 Å². The number of primary amides is 1. The van der Waals surface area contributed by atoms with Crippen molar-refractivity contribution in [3.05, 3.63) is 60.3 Å². The molecule has 4 aromatic rings. The van der Waals surface area contributed by atoms with Crippen LogP contribution in [0.1, 0.15) is 5.56 Å². The summed E-state index contributed by atoms with van der Waals surface area (Å²) >= 11 is 1.18. The van der Waals surface area contributed by atoms with E-state index in [-0.39, 0.29) is 5.75 Å². The fraction of sp³-hybridized carbons (Fsp3) is 0.100. The van der Waals surface area contributed by atoms with Crippen molar-refractivity contribution in [3.63, 3.8) is 0 Å². The summed E-state index contributed by atoms with van der Waals surface area (Å²) in [5.41, 5.74) is 8.86. The first-order valence-corrected chi connectivity index (χ1v) is 9.83. The number of aryl methyl sites for hydroxylation is 1. The molecule has 0 saturated carbocycles. The Hall–Kier alpha value is -3.59. The Morgan fingerprint density at radius 1 is 1.14 bits per heavy atom. The normalized spacial score (nSPS) is 10.9. The van der Waals surface area contributed by atoms with Crippen LogP contribution >= 0.6 is 11.8 Å². The lowest BCUT2D eigenvalue weighted by molar-refractivity contribution is -0.117. The Labute approximate surface area is 170 Å². The van der Waals surface area contributed by atoms with Crippen molar-refractivity contribution < 1.29 is 9.59 Å². The highest BCUT2D eigenvalue weighted by Crippen LogP contribution is 2.33. The largest absolute Gasteiger partial charge is 0.360 e. The van der Waals surface area contributed by atoms with Crippen molar-refractivity contribution in [3.8, 4) is 17.1 Å². The van der Waals surface area contributed by atoms with Gasteiger partial charge in [-0.15, -0.1) is 10.2 Å². The van der Waals surface area contributed by atoms with E-state index in [9.17, 15) is 9.59 Å². The second-order valence-electron chi connectivity index (χ2n) is 6.38. The summed E-state index contributed by atoms with van der Waals surface area (Å²) in [6.45, 7) is 2.00. The Morgan fingerprint density at radius 2 is 1.90 bits per heavy atom. The topological polar surface area (TPSA) is 119 Å². The summed E-state index contributed by atoms with van der Waals surface area (Å²) in [6, 6.07) is 15.0. The lowest BCUT2D eigenvalue weighted by Crippen LogP contribution is -2.36. The molecule has 0 saturated heterocycles. The average molecular weight is 406 g/mol. The predicted molar refractivity (Wildman–Crippen MR) is 112 cm³/mol. The number of hydrogen-bond acceptors (Lipinski definition) is 5. The van der Waals surface area contributed by atoms with E-state index in [2.05, 4.69) is 20.5 Å². The molecular formula is C20H18N6O2S. The fourth-order valence-electron chi connectivity index (χ4n) is 3.13. The lowest BCUT2D eigenvalue weighted by Gasteiger charge is -2.12. The van der Waals surface area contributed by atoms with Gasteiger partial charge in [0.05, 0.1) is 11.4 Å². The zero-order valence-electron chi connectivity index (χ0n) is 15.5. The number of urea groups is 1. The quantitative estimate of drug-likeness (QED) is 0.440. The number of H-pyrrole nitrogens is 1. The van der Waals surface area contributed by atoms with Gasteiger partial charge in [0.1, 0.15) is 0 Å². The minimum atomic E-state index is -0.879. The van der Waals surface area contributed by atoms with Gasteiger partial charge in [-0.1, -0.05) is 48.2 Å². The van der Waals surface area contributed by atoms with Crippen molar-refractivity contribution in [2.75, 3.05) is 5.75 Å². The maximum atomic E-state index is 11.9. The minimum absolute atomic E-state index is 0.0131. The highest BCUT2D eigenvalue weighted by atomic mass is 32.2. The van der Waals surface area contributed by atoms with Crippen molar-refractivity contribution >= 4 is 34.6 Å². The molecule has 9 heteroatoms. The van der Waals surface area contributed by atoms with E-state index in [1.807, 2.05) is 66.2 Å². The van der Waals surface area contributed by atoms with Crippen LogP contribution in [0.3, 0.4) is 0 Å². The smallest absolute Gasteiger partial charge is 0.318 e. The zero-order chi connectivity index (χ0) is 20.4. The zero-order valence-corrected chi connectivity index (χ0v) is 16.4. The number of rotatable bonds is 5. The second kappa shape index (κ2) is 7.80. The minimum Gasteiger partial charge on any atom is -0.360 e. The highest BCUT2D eigenvalue weighted by molar-refractivity contribution is 7.99.